The van der Waals surface area contributed by atoms with Gasteiger partial charge >= 0.3 is 12.1 Å². The lowest BCUT2D eigenvalue weighted by molar-refractivity contribution is -0.137. The molecule has 0 heterocycles. The summed E-state index contributed by atoms with van der Waals surface area (Å²) in [7, 11) is 0. The van der Waals surface area contributed by atoms with Crippen molar-refractivity contribution in [2.24, 2.45) is 0 Å². The molecule has 0 saturated heterocycles. The van der Waals surface area contributed by atoms with Gasteiger partial charge in [-0.2, -0.15) is 13.2 Å². The van der Waals surface area contributed by atoms with Crippen LogP contribution < -0.4 is 5.32 Å². The predicted molar refractivity (Wildman–Crippen MR) is 81.3 cm³/mol. The Morgan fingerprint density at radius 1 is 0.963 bits per heavy atom. The first-order valence-corrected chi connectivity index (χ1v) is 7.33. The fraction of sp³-hybridized carbons (Fsp3) is 0.176. The predicted octanol–water partition coefficient (Wildman–Crippen LogP) is 4.31. The van der Waals surface area contributed by atoms with Crippen LogP contribution in [0.1, 0.15) is 22.8 Å². The van der Waals surface area contributed by atoms with Crippen LogP contribution in [0.2, 0.25) is 0 Å². The zero-order valence-electron chi connectivity index (χ0n) is 13.5. The van der Waals surface area contributed by atoms with Gasteiger partial charge < -0.3 is 10.1 Å². The molecule has 0 fully saturated rings. The van der Waals surface area contributed by atoms with Crippen LogP contribution in [-0.4, -0.2) is 18.0 Å². The number of hydrogen-bond acceptors (Lipinski definition) is 3. The average molecular weight is 391 g/mol. The summed E-state index contributed by atoms with van der Waals surface area (Å²) in [6.45, 7) is 1.11. The Balaban J connectivity index is 2.03. The SMILES string of the molecule is C[C@@H](OC(=O)c1ccc(C(F)(F)F)cc1)C(=O)Nc1ccc(F)c(F)c1F. The Morgan fingerprint density at radius 3 is 2.11 bits per heavy atom. The van der Waals surface area contributed by atoms with Crippen molar-refractivity contribution in [3.05, 3.63) is 65.0 Å². The summed E-state index contributed by atoms with van der Waals surface area (Å²) in [5.74, 6) is -7.03. The van der Waals surface area contributed by atoms with Crippen molar-refractivity contribution in [2.75, 3.05) is 5.32 Å². The quantitative estimate of drug-likeness (QED) is 0.480. The molecule has 0 radical (unpaired) electrons. The highest BCUT2D eigenvalue weighted by atomic mass is 19.4. The molecule has 144 valence electrons. The Kier molecular flexibility index (Phi) is 5.77. The third-order valence-electron chi connectivity index (χ3n) is 3.39. The van der Waals surface area contributed by atoms with E-state index < -0.39 is 52.9 Å². The summed E-state index contributed by atoms with van der Waals surface area (Å²) < 4.78 is 81.7. The average Bonchev–Trinajstić information content (AvgIpc) is 2.61. The van der Waals surface area contributed by atoms with Gasteiger partial charge in [-0.05, 0) is 43.3 Å². The molecule has 0 bridgehead atoms. The first-order chi connectivity index (χ1) is 12.5. The third-order valence-corrected chi connectivity index (χ3v) is 3.39. The Labute approximate surface area is 148 Å². The van der Waals surface area contributed by atoms with E-state index in [9.17, 15) is 35.9 Å². The molecular formula is C17H11F6NO3. The van der Waals surface area contributed by atoms with Gasteiger partial charge in [-0.3, -0.25) is 4.79 Å². The lowest BCUT2D eigenvalue weighted by atomic mass is 10.1. The van der Waals surface area contributed by atoms with E-state index in [0.717, 1.165) is 25.1 Å². The van der Waals surface area contributed by atoms with E-state index in [0.29, 0.717) is 18.2 Å². The lowest BCUT2D eigenvalue weighted by Gasteiger charge is -2.14. The van der Waals surface area contributed by atoms with Crippen LogP contribution in [-0.2, 0) is 15.7 Å². The van der Waals surface area contributed by atoms with Gasteiger partial charge in [0.15, 0.2) is 23.6 Å². The number of hydrogen-bond donors (Lipinski definition) is 1. The van der Waals surface area contributed by atoms with E-state index in [1.807, 2.05) is 5.32 Å². The largest absolute Gasteiger partial charge is 0.449 e. The van der Waals surface area contributed by atoms with E-state index in [-0.39, 0.29) is 5.56 Å². The standard InChI is InChI=1S/C17H11F6NO3/c1-8(15(25)24-12-7-6-11(18)13(19)14(12)20)27-16(26)9-2-4-10(5-3-9)17(21,22)23/h2-8H,1H3,(H,24,25)/t8-/m1/s1. The minimum Gasteiger partial charge on any atom is -0.449 e. The smallest absolute Gasteiger partial charge is 0.416 e. The number of carbonyl (C=O) groups excluding carboxylic acids is 2. The number of benzene rings is 2. The topological polar surface area (TPSA) is 55.4 Å². The summed E-state index contributed by atoms with van der Waals surface area (Å²) >= 11 is 0. The number of anilines is 1. The zero-order valence-corrected chi connectivity index (χ0v) is 13.5. The summed E-state index contributed by atoms with van der Waals surface area (Å²) in [5, 5.41) is 1.92. The molecule has 2 aromatic rings. The van der Waals surface area contributed by atoms with Crippen molar-refractivity contribution >= 4 is 17.6 Å². The molecule has 0 saturated carbocycles. The maximum absolute atomic E-state index is 13.5. The van der Waals surface area contributed by atoms with Crippen molar-refractivity contribution in [3.8, 4) is 0 Å². The van der Waals surface area contributed by atoms with Gasteiger partial charge in [-0.1, -0.05) is 0 Å². The van der Waals surface area contributed by atoms with Gasteiger partial charge in [0.1, 0.15) is 0 Å². The molecule has 1 atom stereocenters. The van der Waals surface area contributed by atoms with Crippen molar-refractivity contribution in [3.63, 3.8) is 0 Å². The Morgan fingerprint density at radius 2 is 1.56 bits per heavy atom. The fourth-order valence-electron chi connectivity index (χ4n) is 1.93. The number of nitrogens with one attached hydrogen (secondary N) is 1. The molecule has 27 heavy (non-hydrogen) atoms. The van der Waals surface area contributed by atoms with E-state index >= 15 is 0 Å². The molecule has 1 N–H and O–H groups in total. The molecule has 2 rings (SSSR count). The van der Waals surface area contributed by atoms with Crippen LogP contribution in [0, 0.1) is 17.5 Å². The second kappa shape index (κ2) is 7.68. The molecular weight excluding hydrogens is 380 g/mol. The molecule has 0 aliphatic heterocycles. The number of esters is 1. The Hall–Kier alpha value is -3.04. The molecule has 0 aliphatic rings. The molecule has 10 heteroatoms. The van der Waals surface area contributed by atoms with E-state index in [1.165, 1.54) is 0 Å². The monoisotopic (exact) mass is 391 g/mol. The second-order valence-electron chi connectivity index (χ2n) is 5.33. The van der Waals surface area contributed by atoms with E-state index in [1.54, 1.807) is 0 Å². The number of ether oxygens (including phenoxy) is 1. The van der Waals surface area contributed by atoms with Crippen LogP contribution in [0.4, 0.5) is 32.0 Å². The minimum absolute atomic E-state index is 0.248. The van der Waals surface area contributed by atoms with Gasteiger partial charge in [0.25, 0.3) is 5.91 Å². The summed E-state index contributed by atoms with van der Waals surface area (Å²) in [5.41, 5.74) is -1.89. The maximum Gasteiger partial charge on any atom is 0.416 e. The molecule has 0 unspecified atom stereocenters. The number of alkyl halides is 3. The summed E-state index contributed by atoms with van der Waals surface area (Å²) in [6.07, 6.45) is -6.07. The zero-order chi connectivity index (χ0) is 20.4. The van der Waals surface area contributed by atoms with Gasteiger partial charge in [-0.15, -0.1) is 0 Å². The molecule has 0 spiro atoms. The highest BCUT2D eigenvalue weighted by molar-refractivity contribution is 5.97. The van der Waals surface area contributed by atoms with E-state index in [2.05, 4.69) is 0 Å². The number of halogens is 6. The lowest BCUT2D eigenvalue weighted by Crippen LogP contribution is -2.30. The van der Waals surface area contributed by atoms with Crippen LogP contribution in [0.25, 0.3) is 0 Å². The minimum atomic E-state index is -4.58. The van der Waals surface area contributed by atoms with Crippen LogP contribution in [0.5, 0.6) is 0 Å². The maximum atomic E-state index is 13.5. The number of carbonyl (C=O) groups is 2. The van der Waals surface area contributed by atoms with Crippen molar-refractivity contribution in [1.82, 2.24) is 0 Å². The van der Waals surface area contributed by atoms with Crippen molar-refractivity contribution < 1.29 is 40.7 Å². The first-order valence-electron chi connectivity index (χ1n) is 7.33. The van der Waals surface area contributed by atoms with Crippen LogP contribution in [0.3, 0.4) is 0 Å². The summed E-state index contributed by atoms with van der Waals surface area (Å²) in [6, 6.07) is 4.43. The molecule has 0 aromatic heterocycles. The van der Waals surface area contributed by atoms with Crippen LogP contribution >= 0.6 is 0 Å². The Bertz CT molecular complexity index is 864. The fourth-order valence-corrected chi connectivity index (χ4v) is 1.93. The molecule has 2 aromatic carbocycles. The van der Waals surface area contributed by atoms with E-state index in [4.69, 9.17) is 4.74 Å². The molecule has 4 nitrogen and oxygen atoms in total. The van der Waals surface area contributed by atoms with Crippen LogP contribution in [0.15, 0.2) is 36.4 Å². The third kappa shape index (κ3) is 4.78. The molecule has 0 aliphatic carbocycles. The van der Waals surface area contributed by atoms with Crippen molar-refractivity contribution in [1.29, 1.82) is 0 Å². The number of rotatable bonds is 4. The second-order valence-corrected chi connectivity index (χ2v) is 5.33. The van der Waals surface area contributed by atoms with Gasteiger partial charge in [-0.25, -0.2) is 18.0 Å². The normalized spacial score (nSPS) is 12.4. The van der Waals surface area contributed by atoms with Gasteiger partial charge in [0.05, 0.1) is 16.8 Å². The first kappa shape index (κ1) is 20.3. The number of amides is 1. The van der Waals surface area contributed by atoms with Gasteiger partial charge in [0, 0.05) is 0 Å². The van der Waals surface area contributed by atoms with Gasteiger partial charge in [0.2, 0.25) is 0 Å². The molecule has 1 amide bonds. The highest BCUT2D eigenvalue weighted by Crippen LogP contribution is 2.29. The summed E-state index contributed by atoms with van der Waals surface area (Å²) in [4.78, 5) is 23.8. The van der Waals surface area contributed by atoms with Crippen molar-refractivity contribution in [2.45, 2.75) is 19.2 Å². The highest BCUT2D eigenvalue weighted by Gasteiger charge is 2.30.